The van der Waals surface area contributed by atoms with Gasteiger partial charge in [-0.15, -0.1) is 0 Å². The summed E-state index contributed by atoms with van der Waals surface area (Å²) < 4.78 is 120. The predicted octanol–water partition coefficient (Wildman–Crippen LogP) is 14.8. The standard InChI is InChI=1S/C17H28O6.C17H30O5.C16H28O5.C16H26O4.C15H24O6.C13H22O4/c1-6-13(14-10-22-17(4,5)23-11-14)9-21-15(18)7-8-20-16(19)12(2)3;1-6-14(15-11-21-17(4,5)22-12-15)10-19-8-7-9-20-16(18)13(2)3;1-6-13(14-10-20-16(4,5)21-11-14)9-18-7-8-19-15(17)12(2)3;1-3-13(10-18-15(17)4-2)14-11-19-16(20-12-14)8-6-5-7-9-16;1-5-11(12-8-20-15(3,4)21-9-12)7-18-14(17)10-19-13(16)6-2;1-5-10(7-15-12(14)6-2)11-8-16-13(3,4)17-9-11/h13-14H,2,6-11H2,1,3-5H3;14-15H,2,6-12H2,1,3-5H3;13-14H,2,6-11H2,1,3-5H3;4,13-14H,2-3,5-12H2,1H3;6,11-12H,2,5,7-10H2,1,3-4H3;6,10-11H,2,5,7-9H2,1,3-4H3. The number of esters is 8. The molecule has 6 saturated heterocycles. The molecule has 0 amide bonds. The van der Waals surface area contributed by atoms with Crippen LogP contribution >= 0.6 is 0 Å². The van der Waals surface area contributed by atoms with Gasteiger partial charge in [0, 0.05) is 133 Å². The summed E-state index contributed by atoms with van der Waals surface area (Å²) in [6.07, 6.45) is 15.5. The van der Waals surface area contributed by atoms with Gasteiger partial charge in [0.2, 0.25) is 0 Å². The summed E-state index contributed by atoms with van der Waals surface area (Å²) in [5.74, 6) is -2.95. The van der Waals surface area contributed by atoms with Crippen molar-refractivity contribution >= 4 is 47.8 Å². The van der Waals surface area contributed by atoms with Gasteiger partial charge in [-0.2, -0.15) is 0 Å². The second kappa shape index (κ2) is 60.4. The first-order valence-corrected chi connectivity index (χ1v) is 44.5. The number of hydrogen-bond donors (Lipinski definition) is 0. The van der Waals surface area contributed by atoms with Crippen LogP contribution in [0.2, 0.25) is 0 Å². The van der Waals surface area contributed by atoms with Crippen molar-refractivity contribution in [2.45, 2.75) is 250 Å². The maximum Gasteiger partial charge on any atom is 0.344 e. The molecule has 6 unspecified atom stereocenters. The Hall–Kier alpha value is -6.36. The van der Waals surface area contributed by atoms with Gasteiger partial charge < -0.3 is 104 Å². The van der Waals surface area contributed by atoms with E-state index in [2.05, 4.69) is 71.9 Å². The monoisotopic (exact) mass is 1770 g/mol. The van der Waals surface area contributed by atoms with Crippen LogP contribution in [-0.4, -0.2) is 241 Å². The Morgan fingerprint density at radius 3 is 0.871 bits per heavy atom. The van der Waals surface area contributed by atoms with Gasteiger partial charge in [0.15, 0.2) is 41.3 Å². The largest absolute Gasteiger partial charge is 0.465 e. The van der Waals surface area contributed by atoms with Crippen molar-refractivity contribution in [3.8, 4) is 0 Å². The fraction of sp³-hybridized carbons (Fsp3) is 0.787. The van der Waals surface area contributed by atoms with Crippen LogP contribution in [0.1, 0.15) is 215 Å². The van der Waals surface area contributed by atoms with E-state index in [9.17, 15) is 38.4 Å². The van der Waals surface area contributed by atoms with Gasteiger partial charge in [0.1, 0.15) is 13.2 Å². The molecule has 0 aromatic carbocycles. The van der Waals surface area contributed by atoms with Crippen LogP contribution in [0.25, 0.3) is 0 Å². The highest BCUT2D eigenvalue weighted by atomic mass is 16.7. The molecule has 6 atom stereocenters. The van der Waals surface area contributed by atoms with E-state index in [1.807, 2.05) is 83.1 Å². The Kier molecular flexibility index (Phi) is 55.4. The third-order valence-electron chi connectivity index (χ3n) is 22.3. The van der Waals surface area contributed by atoms with Crippen molar-refractivity contribution in [2.24, 2.45) is 71.0 Å². The molecule has 7 rings (SSSR count). The molecule has 6 aliphatic heterocycles. The summed E-state index contributed by atoms with van der Waals surface area (Å²) in [5, 5.41) is 0. The molecule has 7 fully saturated rings. The topological polar surface area (TPSA) is 340 Å². The predicted molar refractivity (Wildman–Crippen MR) is 465 cm³/mol. The number of carbonyl (C=O) groups excluding carboxylic acids is 8. The molecule has 7 aliphatic rings. The highest BCUT2D eigenvalue weighted by Crippen LogP contribution is 2.39. The maximum atomic E-state index is 11.7. The SMILES string of the molecule is C=C(C)C(=O)OCCC(=O)OCC(CC)C1COC(C)(C)OC1.C=C(C)C(=O)OCCCOCC(CC)C1COC(C)(C)OC1.C=C(C)C(=O)OCCOCC(CC)C1COC(C)(C)OC1.C=CC(=O)OCC(=O)OCC(CC)C1COC(C)(C)OC1.C=CC(=O)OCC(CC)C1COC(C)(C)OC1.C=CC(=O)OCC(CC)C1COC2(CCCCC2)OC1. The third-order valence-corrected chi connectivity index (χ3v) is 22.3. The lowest BCUT2D eigenvalue weighted by Crippen LogP contribution is -2.47. The summed E-state index contributed by atoms with van der Waals surface area (Å²) in [6, 6.07) is 0. The zero-order valence-electron chi connectivity index (χ0n) is 78.8. The third kappa shape index (κ3) is 48.2. The van der Waals surface area contributed by atoms with E-state index in [4.69, 9.17) is 99.5 Å². The van der Waals surface area contributed by atoms with Crippen molar-refractivity contribution in [3.05, 3.63) is 74.4 Å². The summed E-state index contributed by atoms with van der Waals surface area (Å²) in [5.41, 5.74) is 1.14. The highest BCUT2D eigenvalue weighted by Gasteiger charge is 2.42. The van der Waals surface area contributed by atoms with Crippen LogP contribution in [0.5, 0.6) is 0 Å². The molecular formula is C94H158O30. The van der Waals surface area contributed by atoms with E-state index in [-0.39, 0.29) is 97.4 Å². The van der Waals surface area contributed by atoms with Crippen LogP contribution in [0, 0.1) is 71.0 Å². The fourth-order valence-electron chi connectivity index (χ4n) is 13.5. The number of rotatable bonds is 42. The van der Waals surface area contributed by atoms with Crippen molar-refractivity contribution < 1.29 is 143 Å². The molecule has 30 heteroatoms. The second-order valence-corrected chi connectivity index (χ2v) is 34.6. The quantitative estimate of drug-likeness (QED) is 0.0237. The van der Waals surface area contributed by atoms with Crippen LogP contribution in [0.15, 0.2) is 74.4 Å². The lowest BCUT2D eigenvalue weighted by atomic mass is 9.88. The molecule has 0 aromatic heterocycles. The van der Waals surface area contributed by atoms with Crippen molar-refractivity contribution in [2.75, 3.05) is 159 Å². The number of ether oxygens (including phenoxy) is 22. The van der Waals surface area contributed by atoms with E-state index in [1.165, 1.54) is 31.4 Å². The first-order chi connectivity index (χ1) is 58.5. The number of hydrogen-bond acceptors (Lipinski definition) is 30. The van der Waals surface area contributed by atoms with Gasteiger partial charge in [0.05, 0.1) is 125 Å². The molecule has 1 saturated carbocycles. The lowest BCUT2D eigenvalue weighted by Gasteiger charge is -2.44. The molecular weight excluding hydrogens is 1610 g/mol. The van der Waals surface area contributed by atoms with Crippen LogP contribution in [0.3, 0.4) is 0 Å². The van der Waals surface area contributed by atoms with E-state index < -0.39 is 53.5 Å². The normalized spacial score (nSPS) is 20.6. The van der Waals surface area contributed by atoms with Gasteiger partial charge in [0.25, 0.3) is 0 Å². The van der Waals surface area contributed by atoms with Gasteiger partial charge in [-0.3, -0.25) is 4.79 Å². The van der Waals surface area contributed by atoms with E-state index >= 15 is 0 Å². The molecule has 0 bridgehead atoms. The molecule has 30 nitrogen and oxygen atoms in total. The minimum Gasteiger partial charge on any atom is -0.465 e. The Balaban J connectivity index is 0.000000505. The Morgan fingerprint density at radius 1 is 0.315 bits per heavy atom. The fourth-order valence-corrected chi connectivity index (χ4v) is 13.5. The van der Waals surface area contributed by atoms with Gasteiger partial charge in [-0.25, -0.2) is 33.6 Å². The molecule has 0 N–H and O–H groups in total. The molecule has 1 aliphatic carbocycles. The van der Waals surface area contributed by atoms with Crippen molar-refractivity contribution in [1.82, 2.24) is 0 Å². The molecule has 0 radical (unpaired) electrons. The summed E-state index contributed by atoms with van der Waals surface area (Å²) >= 11 is 0. The zero-order chi connectivity index (χ0) is 93.1. The Labute approximate surface area is 740 Å². The van der Waals surface area contributed by atoms with Crippen molar-refractivity contribution in [1.29, 1.82) is 0 Å². The van der Waals surface area contributed by atoms with Gasteiger partial charge in [-0.1, -0.05) is 100 Å². The summed E-state index contributed by atoms with van der Waals surface area (Å²) in [6.45, 7) is 68.8. The molecule has 714 valence electrons. The van der Waals surface area contributed by atoms with Crippen LogP contribution in [-0.2, 0) is 143 Å². The minimum atomic E-state index is -0.643. The lowest BCUT2D eigenvalue weighted by molar-refractivity contribution is -0.300. The van der Waals surface area contributed by atoms with Gasteiger partial charge in [-0.05, 0) is 140 Å². The maximum absolute atomic E-state index is 11.7. The van der Waals surface area contributed by atoms with E-state index in [0.29, 0.717) is 191 Å². The number of carbonyl (C=O) groups is 8. The Bertz CT molecular complexity index is 3130. The van der Waals surface area contributed by atoms with Crippen LogP contribution in [0.4, 0.5) is 0 Å². The first-order valence-electron chi connectivity index (χ1n) is 44.5. The molecule has 124 heavy (non-hydrogen) atoms. The summed E-state index contributed by atoms with van der Waals surface area (Å²) in [4.78, 5) is 89.8. The first kappa shape index (κ1) is 114. The zero-order valence-corrected chi connectivity index (χ0v) is 78.8. The average Bonchev–Trinajstić information content (AvgIpc) is 0.810. The summed E-state index contributed by atoms with van der Waals surface area (Å²) in [7, 11) is 0. The second-order valence-electron chi connectivity index (χ2n) is 34.6. The van der Waals surface area contributed by atoms with Crippen LogP contribution < -0.4 is 0 Å². The van der Waals surface area contributed by atoms with Crippen molar-refractivity contribution in [3.63, 3.8) is 0 Å². The average molecular weight is 1770 g/mol. The molecule has 1 spiro atoms. The minimum absolute atomic E-state index is 0.00512. The van der Waals surface area contributed by atoms with E-state index in [0.717, 1.165) is 57.4 Å². The molecule has 0 aromatic rings. The highest BCUT2D eigenvalue weighted by molar-refractivity contribution is 5.88. The molecule has 6 heterocycles. The Morgan fingerprint density at radius 2 is 0.573 bits per heavy atom. The smallest absolute Gasteiger partial charge is 0.344 e. The van der Waals surface area contributed by atoms with E-state index in [1.54, 1.807) is 20.8 Å². The van der Waals surface area contributed by atoms with Gasteiger partial charge >= 0.3 is 47.8 Å².